The molecule has 1 saturated carbocycles. The van der Waals surface area contributed by atoms with E-state index in [4.69, 9.17) is 29.3 Å². The first-order valence-electron chi connectivity index (χ1n) is 13.1. The number of aliphatic hydroxyl groups excluding tert-OH is 1. The minimum atomic E-state index is -1.82. The van der Waals surface area contributed by atoms with Gasteiger partial charge >= 0.3 is 11.9 Å². The number of hydrogen-bond acceptors (Lipinski definition) is 7. The minimum Gasteiger partial charge on any atom is -0.497 e. The van der Waals surface area contributed by atoms with Crippen LogP contribution in [0, 0.1) is 17.3 Å². The second-order valence-electron chi connectivity index (χ2n) is 10.8. The molecule has 2 bridgehead atoms. The highest BCUT2D eigenvalue weighted by Crippen LogP contribution is 2.59. The summed E-state index contributed by atoms with van der Waals surface area (Å²) >= 11 is 0. The Kier molecular flexibility index (Phi) is 10.5. The molecule has 4 atom stereocenters. The molecule has 0 aromatic heterocycles. The summed E-state index contributed by atoms with van der Waals surface area (Å²) in [4.78, 5) is 20.7. The lowest BCUT2D eigenvalue weighted by molar-refractivity contribution is -0.159. The van der Waals surface area contributed by atoms with Gasteiger partial charge in [0.05, 0.1) is 26.4 Å². The second kappa shape index (κ2) is 13.4. The molecule has 4 aliphatic rings. The fourth-order valence-corrected chi connectivity index (χ4v) is 5.74. The second-order valence-corrected chi connectivity index (χ2v) is 10.8. The van der Waals surface area contributed by atoms with Crippen molar-refractivity contribution in [2.75, 3.05) is 46.5 Å². The van der Waals surface area contributed by atoms with Crippen molar-refractivity contribution in [2.45, 2.75) is 51.7 Å². The lowest BCUT2D eigenvalue weighted by Crippen LogP contribution is -2.48. The number of carbonyl (C=O) groups is 2. The van der Waals surface area contributed by atoms with Crippen LogP contribution in [-0.2, 0) is 14.3 Å². The highest BCUT2D eigenvalue weighted by Gasteiger charge is 2.50. The van der Waals surface area contributed by atoms with E-state index in [1.54, 1.807) is 7.11 Å². The molecule has 1 aromatic carbocycles. The fourth-order valence-electron chi connectivity index (χ4n) is 5.74. The largest absolute Gasteiger partial charge is 0.497 e. The fraction of sp³-hybridized carbons (Fsp3) is 0.643. The summed E-state index contributed by atoms with van der Waals surface area (Å²) in [7, 11) is 1.70. The van der Waals surface area contributed by atoms with Crippen molar-refractivity contribution in [2.24, 2.45) is 17.3 Å². The Bertz CT molecular complexity index is 913. The summed E-state index contributed by atoms with van der Waals surface area (Å²) < 4.78 is 11.2. The van der Waals surface area contributed by atoms with Crippen molar-refractivity contribution in [1.82, 2.24) is 10.2 Å². The number of fused-ring (bicyclic) bond motifs is 1. The molecule has 0 spiro atoms. The molecular weight excluding hydrogens is 476 g/mol. The van der Waals surface area contributed by atoms with Crippen LogP contribution in [0.15, 0.2) is 35.9 Å². The first-order chi connectivity index (χ1) is 17.6. The third kappa shape index (κ3) is 7.77. The van der Waals surface area contributed by atoms with Crippen LogP contribution in [0.3, 0.4) is 0 Å². The lowest BCUT2D eigenvalue weighted by atomic mass is 9.49. The molecule has 1 heterocycles. The number of carboxylic acid groups (broad SMARTS) is 2. The predicted molar refractivity (Wildman–Crippen MR) is 140 cm³/mol. The smallest absolute Gasteiger partial charge is 0.414 e. The van der Waals surface area contributed by atoms with E-state index in [2.05, 4.69) is 42.3 Å². The molecule has 9 nitrogen and oxygen atoms in total. The van der Waals surface area contributed by atoms with Crippen molar-refractivity contribution in [1.29, 1.82) is 0 Å². The Morgan fingerprint density at radius 2 is 1.76 bits per heavy atom. The van der Waals surface area contributed by atoms with E-state index in [9.17, 15) is 5.11 Å². The molecule has 3 aliphatic carbocycles. The lowest BCUT2D eigenvalue weighted by Gasteiger charge is -2.56. The number of rotatable bonds is 11. The van der Waals surface area contributed by atoms with Gasteiger partial charge in [-0.25, -0.2) is 9.59 Å². The Morgan fingerprint density at radius 3 is 2.30 bits per heavy atom. The molecule has 4 N–H and O–H groups in total. The maximum atomic E-state index is 10.4. The van der Waals surface area contributed by atoms with Crippen LogP contribution in [0.5, 0.6) is 5.75 Å². The number of allylic oxidation sites excluding steroid dienone is 1. The molecule has 206 valence electrons. The third-order valence-corrected chi connectivity index (χ3v) is 8.14. The van der Waals surface area contributed by atoms with Gasteiger partial charge in [0, 0.05) is 19.1 Å². The zero-order valence-electron chi connectivity index (χ0n) is 22.2. The first-order valence-corrected chi connectivity index (χ1v) is 13.1. The van der Waals surface area contributed by atoms with E-state index in [0.29, 0.717) is 37.1 Å². The zero-order valence-corrected chi connectivity index (χ0v) is 22.2. The molecule has 5 rings (SSSR count). The number of nitrogens with one attached hydrogen (secondary N) is 1. The number of aliphatic carboxylic acids is 2. The number of aliphatic hydroxyl groups is 1. The summed E-state index contributed by atoms with van der Waals surface area (Å²) in [6.07, 6.45) is 6.92. The number of hydrogen-bond donors (Lipinski definition) is 4. The van der Waals surface area contributed by atoms with Crippen molar-refractivity contribution in [3.63, 3.8) is 0 Å². The molecule has 9 heteroatoms. The Labute approximate surface area is 219 Å². The van der Waals surface area contributed by atoms with Crippen molar-refractivity contribution in [3.05, 3.63) is 41.5 Å². The van der Waals surface area contributed by atoms with Crippen LogP contribution in [0.2, 0.25) is 0 Å². The Morgan fingerprint density at radius 1 is 1.11 bits per heavy atom. The Balaban J connectivity index is 0.000000568. The third-order valence-electron chi connectivity index (χ3n) is 8.14. The number of ether oxygens (including phenoxy) is 2. The number of nitrogens with zero attached hydrogens (tertiary/aromatic N) is 1. The number of benzene rings is 1. The molecule has 0 amide bonds. The topological polar surface area (TPSA) is 129 Å². The highest BCUT2D eigenvalue weighted by molar-refractivity contribution is 6.27. The molecule has 1 aromatic rings. The maximum Gasteiger partial charge on any atom is 0.414 e. The predicted octanol–water partition coefficient (Wildman–Crippen LogP) is 2.95. The number of likely N-dealkylation sites (tertiary alicyclic amines) is 1. The van der Waals surface area contributed by atoms with Gasteiger partial charge in [0.15, 0.2) is 0 Å². The molecule has 2 fully saturated rings. The van der Waals surface area contributed by atoms with Gasteiger partial charge in [-0.15, -0.1) is 0 Å². The van der Waals surface area contributed by atoms with E-state index < -0.39 is 18.0 Å². The van der Waals surface area contributed by atoms with Crippen LogP contribution in [0.1, 0.15) is 51.1 Å². The molecule has 4 unspecified atom stereocenters. The quantitative estimate of drug-likeness (QED) is 0.258. The van der Waals surface area contributed by atoms with E-state index in [-0.39, 0.29) is 0 Å². The molecule has 0 radical (unpaired) electrons. The number of methoxy groups -OCH3 is 1. The standard InChI is InChI=1S/C26H40N2O3.C2H2O4/c1-26(2)21-9-6-20(24(26)14-21)17-31-18-22(29)15-27-16-25(28-12-4-5-13-28)19-7-10-23(30-3)11-8-19;3-1(4)2(5)6/h6-8,10-11,21-22,24-25,27,29H,4-5,9,12-18H2,1-3H3;(H,3,4)(H,5,6). The van der Waals surface area contributed by atoms with Gasteiger partial charge in [0.2, 0.25) is 0 Å². The van der Waals surface area contributed by atoms with Crippen molar-refractivity contribution in [3.8, 4) is 5.75 Å². The summed E-state index contributed by atoms with van der Waals surface area (Å²) in [5.41, 5.74) is 3.17. The summed E-state index contributed by atoms with van der Waals surface area (Å²) in [6.45, 7) is 9.48. The van der Waals surface area contributed by atoms with E-state index in [1.165, 1.54) is 36.8 Å². The van der Waals surface area contributed by atoms with Gasteiger partial charge in [-0.3, -0.25) is 4.90 Å². The normalized spacial score (nSPS) is 23.6. The van der Waals surface area contributed by atoms with Gasteiger partial charge in [-0.1, -0.05) is 32.1 Å². The van der Waals surface area contributed by atoms with Gasteiger partial charge in [0.25, 0.3) is 0 Å². The first kappa shape index (κ1) is 29.1. The van der Waals surface area contributed by atoms with Crippen molar-refractivity contribution < 1.29 is 34.4 Å². The monoisotopic (exact) mass is 518 g/mol. The highest BCUT2D eigenvalue weighted by atomic mass is 16.5. The van der Waals surface area contributed by atoms with Crippen molar-refractivity contribution >= 4 is 11.9 Å². The van der Waals surface area contributed by atoms with E-state index >= 15 is 0 Å². The summed E-state index contributed by atoms with van der Waals surface area (Å²) in [5, 5.41) is 28.7. The van der Waals surface area contributed by atoms with E-state index in [0.717, 1.165) is 31.3 Å². The van der Waals surface area contributed by atoms with Crippen LogP contribution >= 0.6 is 0 Å². The average molecular weight is 519 g/mol. The van der Waals surface area contributed by atoms with Crippen LogP contribution in [0.25, 0.3) is 0 Å². The van der Waals surface area contributed by atoms with E-state index in [1.807, 2.05) is 12.1 Å². The van der Waals surface area contributed by atoms with Crippen LogP contribution < -0.4 is 10.1 Å². The Hall–Kier alpha value is -2.46. The van der Waals surface area contributed by atoms with Gasteiger partial charge in [-0.2, -0.15) is 0 Å². The SMILES string of the molecule is COc1ccc(C(CNCC(O)COCC2=CCC3CC2C3(C)C)N2CCCC2)cc1.O=C(O)C(=O)O. The van der Waals surface area contributed by atoms with Gasteiger partial charge in [-0.05, 0) is 79.3 Å². The maximum absolute atomic E-state index is 10.4. The van der Waals surface area contributed by atoms with Crippen LogP contribution in [-0.4, -0.2) is 84.8 Å². The zero-order chi connectivity index (χ0) is 27.0. The van der Waals surface area contributed by atoms with Gasteiger partial charge < -0.3 is 30.1 Å². The average Bonchev–Trinajstić information content (AvgIpc) is 3.42. The molecule has 37 heavy (non-hydrogen) atoms. The van der Waals surface area contributed by atoms with Crippen LogP contribution in [0.4, 0.5) is 0 Å². The minimum absolute atomic E-state index is 0.322. The number of carboxylic acids is 2. The molecular formula is C28H42N2O7. The van der Waals surface area contributed by atoms with Gasteiger partial charge in [0.1, 0.15) is 5.75 Å². The molecule has 1 saturated heterocycles. The summed E-state index contributed by atoms with van der Waals surface area (Å²) in [5.74, 6) is -1.24. The summed E-state index contributed by atoms with van der Waals surface area (Å²) in [6, 6.07) is 8.71. The molecule has 1 aliphatic heterocycles.